The van der Waals surface area contributed by atoms with E-state index in [0.29, 0.717) is 18.7 Å². The second-order valence-corrected chi connectivity index (χ2v) is 7.49. The predicted molar refractivity (Wildman–Crippen MR) is 76.1 cm³/mol. The van der Waals surface area contributed by atoms with Gasteiger partial charge in [0, 0.05) is 29.4 Å². The Kier molecular flexibility index (Phi) is 5.12. The number of nitrogens with one attached hydrogen (secondary N) is 1. The fourth-order valence-corrected chi connectivity index (χ4v) is 2.94. The maximum atomic E-state index is 12.4. The minimum absolute atomic E-state index is 0.0622. The van der Waals surface area contributed by atoms with Crippen molar-refractivity contribution in [1.82, 2.24) is 10.2 Å². The first-order valence-electron chi connectivity index (χ1n) is 6.60. The van der Waals surface area contributed by atoms with Gasteiger partial charge in [-0.1, -0.05) is 13.8 Å². The minimum atomic E-state index is -0.870. The molecule has 6 heteroatoms. The lowest BCUT2D eigenvalue weighted by Gasteiger charge is -2.44. The maximum Gasteiger partial charge on any atom is 0.248 e. The molecular weight excluding hydrogens is 264 g/mol. The molecule has 0 bridgehead atoms. The third kappa shape index (κ3) is 3.78. The average molecular weight is 288 g/mol. The molecule has 0 saturated carbocycles. The molecular formula is C13H24N2O3S. The van der Waals surface area contributed by atoms with Crippen molar-refractivity contribution in [2.24, 2.45) is 5.92 Å². The standard InChI is InChI=1S/C13H24N2O3S/c1-9(2)10-11(16)14-13(3,4)12(17)15(10)7-6-8-19(5)18/h9-10H,6-8H2,1-5H3,(H,14,16). The van der Waals surface area contributed by atoms with Crippen LogP contribution in [0.25, 0.3) is 0 Å². The number of nitrogens with zero attached hydrogens (tertiary/aromatic N) is 1. The van der Waals surface area contributed by atoms with Gasteiger partial charge in [0.25, 0.3) is 0 Å². The van der Waals surface area contributed by atoms with Crippen LogP contribution in [-0.2, 0) is 20.4 Å². The van der Waals surface area contributed by atoms with Crippen molar-refractivity contribution < 1.29 is 13.8 Å². The van der Waals surface area contributed by atoms with E-state index in [0.717, 1.165) is 0 Å². The molecule has 1 fully saturated rings. The highest BCUT2D eigenvalue weighted by Gasteiger charge is 2.45. The zero-order chi connectivity index (χ0) is 14.8. The van der Waals surface area contributed by atoms with Crippen LogP contribution >= 0.6 is 0 Å². The van der Waals surface area contributed by atoms with Crippen LogP contribution in [0.3, 0.4) is 0 Å². The molecule has 5 nitrogen and oxygen atoms in total. The first-order valence-corrected chi connectivity index (χ1v) is 8.32. The number of carbonyl (C=O) groups is 2. The molecule has 0 aromatic carbocycles. The summed E-state index contributed by atoms with van der Waals surface area (Å²) in [4.78, 5) is 26.2. The Bertz CT molecular complexity index is 393. The Morgan fingerprint density at radius 3 is 2.42 bits per heavy atom. The van der Waals surface area contributed by atoms with Crippen LogP contribution in [0.4, 0.5) is 0 Å². The van der Waals surface area contributed by atoms with Crippen LogP contribution in [0, 0.1) is 5.92 Å². The molecule has 2 unspecified atom stereocenters. The van der Waals surface area contributed by atoms with Crippen LogP contribution in [0.2, 0.25) is 0 Å². The summed E-state index contributed by atoms with van der Waals surface area (Å²) in [7, 11) is -0.870. The summed E-state index contributed by atoms with van der Waals surface area (Å²) < 4.78 is 11.1. The molecule has 19 heavy (non-hydrogen) atoms. The van der Waals surface area contributed by atoms with Crippen molar-refractivity contribution in [3.8, 4) is 0 Å². The van der Waals surface area contributed by atoms with E-state index < -0.39 is 22.4 Å². The topological polar surface area (TPSA) is 66.5 Å². The highest BCUT2D eigenvalue weighted by Crippen LogP contribution is 2.22. The number of hydrogen-bond donors (Lipinski definition) is 1. The molecule has 1 heterocycles. The zero-order valence-corrected chi connectivity index (χ0v) is 13.2. The Morgan fingerprint density at radius 1 is 1.37 bits per heavy atom. The largest absolute Gasteiger partial charge is 0.340 e. The Hall–Kier alpha value is -0.910. The van der Waals surface area contributed by atoms with Crippen molar-refractivity contribution in [2.75, 3.05) is 18.6 Å². The molecule has 2 amide bonds. The fourth-order valence-electron chi connectivity index (χ4n) is 2.40. The quantitative estimate of drug-likeness (QED) is 0.802. The van der Waals surface area contributed by atoms with Gasteiger partial charge in [-0.25, -0.2) is 0 Å². The van der Waals surface area contributed by atoms with Gasteiger partial charge in [-0.3, -0.25) is 13.8 Å². The van der Waals surface area contributed by atoms with E-state index in [1.165, 1.54) is 0 Å². The lowest BCUT2D eigenvalue weighted by atomic mass is 9.91. The van der Waals surface area contributed by atoms with Crippen molar-refractivity contribution >= 4 is 22.6 Å². The van der Waals surface area contributed by atoms with Gasteiger partial charge in [-0.05, 0) is 26.2 Å². The molecule has 0 aromatic rings. The summed E-state index contributed by atoms with van der Waals surface area (Å²) in [6.07, 6.45) is 2.30. The smallest absolute Gasteiger partial charge is 0.248 e. The Labute approximate surface area is 117 Å². The SMILES string of the molecule is CC(C)C1C(=O)NC(C)(C)C(=O)N1CCCS(C)=O. The van der Waals surface area contributed by atoms with Gasteiger partial charge >= 0.3 is 0 Å². The van der Waals surface area contributed by atoms with E-state index in [-0.39, 0.29) is 17.7 Å². The van der Waals surface area contributed by atoms with E-state index in [2.05, 4.69) is 5.32 Å². The molecule has 1 saturated heterocycles. The van der Waals surface area contributed by atoms with Crippen LogP contribution < -0.4 is 5.32 Å². The minimum Gasteiger partial charge on any atom is -0.340 e. The molecule has 0 spiro atoms. The van der Waals surface area contributed by atoms with Gasteiger partial charge in [0.15, 0.2) is 0 Å². The van der Waals surface area contributed by atoms with Crippen LogP contribution in [0.1, 0.15) is 34.1 Å². The summed E-state index contributed by atoms with van der Waals surface area (Å²) in [6.45, 7) is 7.78. The van der Waals surface area contributed by atoms with E-state index in [9.17, 15) is 13.8 Å². The second kappa shape index (κ2) is 6.03. The van der Waals surface area contributed by atoms with Gasteiger partial charge in [0.05, 0.1) is 0 Å². The van der Waals surface area contributed by atoms with Crippen molar-refractivity contribution in [2.45, 2.75) is 45.7 Å². The monoisotopic (exact) mass is 288 g/mol. The van der Waals surface area contributed by atoms with E-state index in [1.54, 1.807) is 25.0 Å². The third-order valence-electron chi connectivity index (χ3n) is 3.30. The lowest BCUT2D eigenvalue weighted by molar-refractivity contribution is -0.155. The van der Waals surface area contributed by atoms with E-state index in [1.807, 2.05) is 13.8 Å². The van der Waals surface area contributed by atoms with Crippen molar-refractivity contribution in [1.29, 1.82) is 0 Å². The molecule has 1 aliphatic rings. The van der Waals surface area contributed by atoms with Gasteiger partial charge in [0.2, 0.25) is 11.8 Å². The fraction of sp³-hybridized carbons (Fsp3) is 0.846. The molecule has 2 atom stereocenters. The second-order valence-electron chi connectivity index (χ2n) is 5.93. The molecule has 0 radical (unpaired) electrons. The number of rotatable bonds is 5. The van der Waals surface area contributed by atoms with Crippen LogP contribution in [0.15, 0.2) is 0 Å². The van der Waals surface area contributed by atoms with Gasteiger partial charge in [-0.15, -0.1) is 0 Å². The van der Waals surface area contributed by atoms with Gasteiger partial charge in [-0.2, -0.15) is 0 Å². The highest BCUT2D eigenvalue weighted by atomic mass is 32.2. The first kappa shape index (κ1) is 16.1. The number of piperazine rings is 1. The molecule has 1 N–H and O–H groups in total. The van der Waals surface area contributed by atoms with Crippen molar-refractivity contribution in [3.63, 3.8) is 0 Å². The zero-order valence-electron chi connectivity index (χ0n) is 12.4. The summed E-state index contributed by atoms with van der Waals surface area (Å²) in [6, 6.07) is -0.425. The summed E-state index contributed by atoms with van der Waals surface area (Å²) in [5, 5.41) is 2.78. The van der Waals surface area contributed by atoms with E-state index in [4.69, 9.17) is 0 Å². The average Bonchev–Trinajstić information content (AvgIpc) is 2.23. The molecule has 1 aliphatic heterocycles. The lowest BCUT2D eigenvalue weighted by Crippen LogP contribution is -2.69. The van der Waals surface area contributed by atoms with Crippen LogP contribution in [-0.4, -0.2) is 51.1 Å². The predicted octanol–water partition coefficient (Wildman–Crippen LogP) is 0.517. The molecule has 110 valence electrons. The Morgan fingerprint density at radius 2 is 1.95 bits per heavy atom. The number of hydrogen-bond acceptors (Lipinski definition) is 3. The summed E-state index contributed by atoms with van der Waals surface area (Å²) >= 11 is 0. The van der Waals surface area contributed by atoms with Gasteiger partial charge in [0.1, 0.15) is 11.6 Å². The van der Waals surface area contributed by atoms with Gasteiger partial charge < -0.3 is 10.2 Å². The summed E-state index contributed by atoms with van der Waals surface area (Å²) in [5.74, 6) is 0.452. The first-order chi connectivity index (χ1) is 8.66. The molecule has 0 aromatic heterocycles. The maximum absolute atomic E-state index is 12.4. The molecule has 0 aliphatic carbocycles. The Balaban J connectivity index is 2.87. The van der Waals surface area contributed by atoms with E-state index >= 15 is 0 Å². The number of carbonyl (C=O) groups excluding carboxylic acids is 2. The third-order valence-corrected chi connectivity index (χ3v) is 4.16. The highest BCUT2D eigenvalue weighted by molar-refractivity contribution is 7.84. The summed E-state index contributed by atoms with van der Waals surface area (Å²) in [5.41, 5.74) is -0.853. The normalized spacial score (nSPS) is 24.5. The number of amides is 2. The molecule has 1 rings (SSSR count). The van der Waals surface area contributed by atoms with Crippen LogP contribution in [0.5, 0.6) is 0 Å². The van der Waals surface area contributed by atoms with Crippen molar-refractivity contribution in [3.05, 3.63) is 0 Å².